The fourth-order valence-electron chi connectivity index (χ4n) is 5.13. The Labute approximate surface area is 267 Å². The van der Waals surface area contributed by atoms with Crippen LogP contribution in [0.4, 0.5) is 5.95 Å². The number of carbonyl (C=O) groups is 1. The van der Waals surface area contributed by atoms with Crippen molar-refractivity contribution in [1.29, 1.82) is 0 Å². The summed E-state index contributed by atoms with van der Waals surface area (Å²) in [6.45, 7) is 11.1. The first-order valence-electron chi connectivity index (χ1n) is 15.3. The number of carbonyl (C=O) groups excluding carboxylic acids is 1. The van der Waals surface area contributed by atoms with Crippen LogP contribution in [0, 0.1) is 19.8 Å². The molecular weight excluding hydrogens is 594 g/mol. The van der Waals surface area contributed by atoms with Gasteiger partial charge in [-0.3, -0.25) is 4.79 Å². The van der Waals surface area contributed by atoms with E-state index in [1.54, 1.807) is 6.07 Å². The number of unbranched alkanes of at least 4 members (excludes halogenated alkanes) is 1. The fourth-order valence-corrected chi connectivity index (χ4v) is 6.13. The van der Waals surface area contributed by atoms with Crippen molar-refractivity contribution in [1.82, 2.24) is 20.0 Å². The average Bonchev–Trinajstić information content (AvgIpc) is 3.00. The zero-order valence-corrected chi connectivity index (χ0v) is 27.9. The second-order valence-corrected chi connectivity index (χ2v) is 13.4. The topological polar surface area (TPSA) is 145 Å². The van der Waals surface area contributed by atoms with Gasteiger partial charge >= 0.3 is 0 Å². The highest BCUT2D eigenvalue weighted by Gasteiger charge is 2.25. The Kier molecular flexibility index (Phi) is 13.4. The number of sulfonamides is 1. The SMILES string of the molecule is CCCCN(C[C@H](O)CO)N(C)[C@@H](COc1cc(-c2c(C)cccc2C)nc(NS(=O)(=O)c2cccc(C=O)c2)n1)CC(C)C. The van der Waals surface area contributed by atoms with E-state index in [1.807, 2.05) is 44.1 Å². The molecule has 45 heavy (non-hydrogen) atoms. The second kappa shape index (κ2) is 16.8. The zero-order valence-electron chi connectivity index (χ0n) is 27.1. The van der Waals surface area contributed by atoms with E-state index in [4.69, 9.17) is 4.74 Å². The van der Waals surface area contributed by atoms with Crippen LogP contribution in [0.15, 0.2) is 53.4 Å². The van der Waals surface area contributed by atoms with Crippen LogP contribution in [0.5, 0.6) is 5.88 Å². The molecule has 0 fully saturated rings. The molecule has 0 unspecified atom stereocenters. The summed E-state index contributed by atoms with van der Waals surface area (Å²) in [6.07, 6.45) is 2.37. The number of rotatable bonds is 18. The lowest BCUT2D eigenvalue weighted by molar-refractivity contribution is -0.0844. The minimum Gasteiger partial charge on any atom is -0.476 e. The van der Waals surface area contributed by atoms with Gasteiger partial charge < -0.3 is 14.9 Å². The summed E-state index contributed by atoms with van der Waals surface area (Å²) >= 11 is 0. The second-order valence-electron chi connectivity index (χ2n) is 11.7. The molecule has 0 amide bonds. The van der Waals surface area contributed by atoms with Crippen molar-refractivity contribution >= 4 is 22.3 Å². The Morgan fingerprint density at radius 2 is 1.76 bits per heavy atom. The number of nitrogens with zero attached hydrogens (tertiary/aromatic N) is 4. The van der Waals surface area contributed by atoms with Crippen LogP contribution in [-0.4, -0.2) is 90.4 Å². The minimum absolute atomic E-state index is 0.0912. The highest BCUT2D eigenvalue weighted by Crippen LogP contribution is 2.30. The third kappa shape index (κ3) is 10.3. The van der Waals surface area contributed by atoms with Gasteiger partial charge in [-0.1, -0.05) is 57.5 Å². The van der Waals surface area contributed by atoms with Gasteiger partial charge in [0, 0.05) is 37.3 Å². The summed E-state index contributed by atoms with van der Waals surface area (Å²) in [4.78, 5) is 20.2. The van der Waals surface area contributed by atoms with Crippen molar-refractivity contribution in [2.45, 2.75) is 70.9 Å². The molecule has 246 valence electrons. The van der Waals surface area contributed by atoms with Crippen LogP contribution >= 0.6 is 0 Å². The average molecular weight is 642 g/mol. The lowest BCUT2D eigenvalue weighted by Crippen LogP contribution is -2.52. The van der Waals surface area contributed by atoms with Gasteiger partial charge in [0.2, 0.25) is 11.8 Å². The van der Waals surface area contributed by atoms with E-state index in [-0.39, 0.29) is 48.1 Å². The summed E-state index contributed by atoms with van der Waals surface area (Å²) in [5.41, 5.74) is 3.48. The molecule has 3 aromatic rings. The molecule has 11 nitrogen and oxygen atoms in total. The van der Waals surface area contributed by atoms with Crippen molar-refractivity contribution in [3.05, 3.63) is 65.2 Å². The molecule has 0 aliphatic carbocycles. The quantitative estimate of drug-likeness (QED) is 0.134. The highest BCUT2D eigenvalue weighted by molar-refractivity contribution is 7.92. The van der Waals surface area contributed by atoms with E-state index in [0.717, 1.165) is 36.0 Å². The third-order valence-electron chi connectivity index (χ3n) is 7.51. The van der Waals surface area contributed by atoms with Gasteiger partial charge in [0.1, 0.15) is 12.9 Å². The molecule has 2 atom stereocenters. The number of aliphatic hydroxyl groups excluding tert-OH is 2. The number of nitrogens with one attached hydrogen (secondary N) is 1. The van der Waals surface area contributed by atoms with Crippen molar-refractivity contribution in [3.63, 3.8) is 0 Å². The van der Waals surface area contributed by atoms with E-state index in [1.165, 1.54) is 24.3 Å². The molecule has 0 saturated heterocycles. The molecule has 1 aromatic heterocycles. The first kappa shape index (κ1) is 36.1. The number of aliphatic hydroxyl groups is 2. The molecule has 0 radical (unpaired) electrons. The van der Waals surface area contributed by atoms with E-state index >= 15 is 0 Å². The van der Waals surface area contributed by atoms with Crippen LogP contribution in [0.1, 0.15) is 61.5 Å². The molecule has 3 rings (SSSR count). The Balaban J connectivity index is 2.00. The van der Waals surface area contributed by atoms with Gasteiger partial charge in [0.05, 0.1) is 29.3 Å². The predicted octanol–water partition coefficient (Wildman–Crippen LogP) is 4.47. The number of benzene rings is 2. The largest absolute Gasteiger partial charge is 0.476 e. The van der Waals surface area contributed by atoms with Crippen LogP contribution in [0.3, 0.4) is 0 Å². The minimum atomic E-state index is -4.13. The van der Waals surface area contributed by atoms with Gasteiger partial charge in [-0.05, 0) is 55.9 Å². The number of anilines is 1. The maximum atomic E-state index is 13.3. The van der Waals surface area contributed by atoms with Gasteiger partial charge in [-0.25, -0.2) is 28.1 Å². The highest BCUT2D eigenvalue weighted by atomic mass is 32.2. The van der Waals surface area contributed by atoms with Crippen molar-refractivity contribution in [2.75, 3.05) is 38.1 Å². The number of hydrogen-bond acceptors (Lipinski definition) is 10. The molecule has 2 aromatic carbocycles. The Hall–Kier alpha value is -3.42. The van der Waals surface area contributed by atoms with E-state index in [0.29, 0.717) is 24.4 Å². The summed E-state index contributed by atoms with van der Waals surface area (Å²) in [5.74, 6) is 0.364. The number of aldehydes is 1. The van der Waals surface area contributed by atoms with Crippen molar-refractivity contribution in [3.8, 4) is 17.1 Å². The van der Waals surface area contributed by atoms with E-state index in [9.17, 15) is 23.4 Å². The number of ether oxygens (including phenoxy) is 1. The maximum absolute atomic E-state index is 13.3. The van der Waals surface area contributed by atoms with Gasteiger partial charge in [0.15, 0.2) is 0 Å². The Morgan fingerprint density at radius 1 is 1.07 bits per heavy atom. The smallest absolute Gasteiger partial charge is 0.264 e. The lowest BCUT2D eigenvalue weighted by atomic mass is 10.00. The van der Waals surface area contributed by atoms with Crippen LogP contribution < -0.4 is 9.46 Å². The van der Waals surface area contributed by atoms with Gasteiger partial charge in [0.25, 0.3) is 10.0 Å². The van der Waals surface area contributed by atoms with E-state index in [2.05, 4.69) is 40.5 Å². The normalized spacial score (nSPS) is 13.3. The van der Waals surface area contributed by atoms with Crippen LogP contribution in [-0.2, 0) is 10.0 Å². The molecule has 3 N–H and O–H groups in total. The molecule has 1 heterocycles. The number of aryl methyl sites for hydroxylation is 2. The summed E-state index contributed by atoms with van der Waals surface area (Å²) in [6, 6.07) is 13.1. The standard InChI is InChI=1S/C33H47N5O6S/c1-7-8-15-38(19-28(41)21-40)37(6)27(16-23(2)3)22-44-31-18-30(32-24(4)11-9-12-25(32)5)34-33(35-31)36-45(42,43)29-14-10-13-26(17-29)20-39/h9-14,17-18,20,23,27-28,40-41H,7-8,15-16,19,21-22H2,1-6H3,(H,34,35,36)/t27-,28+/m1/s1. The summed E-state index contributed by atoms with van der Waals surface area (Å²) < 4.78 is 35.4. The Bertz CT molecular complexity index is 1500. The lowest BCUT2D eigenvalue weighted by Gasteiger charge is -2.39. The van der Waals surface area contributed by atoms with Crippen LogP contribution in [0.2, 0.25) is 0 Å². The fraction of sp³-hybridized carbons (Fsp3) is 0.485. The first-order valence-corrected chi connectivity index (χ1v) is 16.8. The monoisotopic (exact) mass is 641 g/mol. The molecule has 0 spiro atoms. The molecule has 0 aliphatic heterocycles. The number of likely N-dealkylation sites (N-methyl/N-ethyl adjacent to an activating group) is 1. The number of hydrogen-bond donors (Lipinski definition) is 3. The zero-order chi connectivity index (χ0) is 33.1. The van der Waals surface area contributed by atoms with Crippen LogP contribution in [0.25, 0.3) is 11.3 Å². The Morgan fingerprint density at radius 3 is 2.38 bits per heavy atom. The van der Waals surface area contributed by atoms with Crippen molar-refractivity contribution < 1.29 is 28.2 Å². The maximum Gasteiger partial charge on any atom is 0.264 e. The molecule has 0 aliphatic rings. The van der Waals surface area contributed by atoms with Gasteiger partial charge in [-0.15, -0.1) is 0 Å². The first-order chi connectivity index (χ1) is 21.4. The summed E-state index contributed by atoms with van der Waals surface area (Å²) in [5, 5.41) is 23.8. The number of aromatic nitrogens is 2. The van der Waals surface area contributed by atoms with E-state index < -0.39 is 16.1 Å². The molecule has 0 saturated carbocycles. The van der Waals surface area contributed by atoms with Gasteiger partial charge in [-0.2, -0.15) is 4.98 Å². The molecule has 0 bridgehead atoms. The summed E-state index contributed by atoms with van der Waals surface area (Å²) in [7, 11) is -2.18. The number of hydrazine groups is 1. The predicted molar refractivity (Wildman–Crippen MR) is 176 cm³/mol. The van der Waals surface area contributed by atoms with Crippen molar-refractivity contribution in [2.24, 2.45) is 5.92 Å². The third-order valence-corrected chi connectivity index (χ3v) is 8.84. The molecule has 12 heteroatoms. The molecular formula is C33H47N5O6S.